The second-order valence-corrected chi connectivity index (χ2v) is 5.34. The van der Waals surface area contributed by atoms with E-state index in [9.17, 15) is 4.79 Å². The molecule has 1 saturated heterocycles. The van der Waals surface area contributed by atoms with Gasteiger partial charge in [0.25, 0.3) is 5.91 Å². The summed E-state index contributed by atoms with van der Waals surface area (Å²) in [5, 5.41) is 0. The molecule has 86 valence electrons. The van der Waals surface area contributed by atoms with Crippen LogP contribution in [0.5, 0.6) is 0 Å². The van der Waals surface area contributed by atoms with E-state index in [-0.39, 0.29) is 5.91 Å². The van der Waals surface area contributed by atoms with Gasteiger partial charge in [0.15, 0.2) is 4.33 Å². The van der Waals surface area contributed by atoms with Crippen molar-refractivity contribution < 1.29 is 4.79 Å². The summed E-state index contributed by atoms with van der Waals surface area (Å²) in [6, 6.07) is 7.09. The van der Waals surface area contributed by atoms with Crippen molar-refractivity contribution in [3.8, 4) is 0 Å². The van der Waals surface area contributed by atoms with Crippen molar-refractivity contribution in [1.29, 1.82) is 0 Å². The van der Waals surface area contributed by atoms with E-state index in [1.165, 1.54) is 0 Å². The molecule has 0 unspecified atom stereocenters. The number of rotatable bonds is 1. The highest BCUT2D eigenvalue weighted by Gasteiger charge is 2.40. The largest absolute Gasteiger partial charge is 0.399 e. The third-order valence-corrected chi connectivity index (χ3v) is 3.34. The van der Waals surface area contributed by atoms with Crippen LogP contribution in [0.4, 0.5) is 11.4 Å². The lowest BCUT2D eigenvalue weighted by Gasteiger charge is -2.33. The lowest BCUT2D eigenvalue weighted by atomic mass is 10.1. The molecule has 1 aromatic rings. The van der Waals surface area contributed by atoms with Crippen molar-refractivity contribution in [2.45, 2.75) is 17.2 Å². The minimum atomic E-state index is -1.29. The molecule has 0 radical (unpaired) electrons. The van der Waals surface area contributed by atoms with Gasteiger partial charge < -0.3 is 10.6 Å². The van der Waals surface area contributed by atoms with E-state index in [0.29, 0.717) is 18.7 Å². The lowest BCUT2D eigenvalue weighted by molar-refractivity contribution is -0.120. The number of halogens is 2. The first-order valence-electron chi connectivity index (χ1n) is 5.06. The Morgan fingerprint density at radius 2 is 1.88 bits per heavy atom. The topological polar surface area (TPSA) is 46.3 Å². The quantitative estimate of drug-likeness (QED) is 0.622. The molecule has 0 atom stereocenters. The standard InChI is InChI=1S/C11H12Cl2N2O/c12-11(13)6-1-7-15(10(11)16)9-4-2-8(14)3-5-9/h2-5H,1,6-7,14H2. The van der Waals surface area contributed by atoms with Gasteiger partial charge in [-0.3, -0.25) is 4.79 Å². The zero-order chi connectivity index (χ0) is 11.8. The molecular formula is C11H12Cl2N2O. The number of carbonyl (C=O) groups is 1. The molecule has 0 bridgehead atoms. The fourth-order valence-electron chi connectivity index (χ4n) is 1.77. The lowest BCUT2D eigenvalue weighted by Crippen LogP contribution is -2.47. The van der Waals surface area contributed by atoms with E-state index in [2.05, 4.69) is 0 Å². The number of carbonyl (C=O) groups excluding carboxylic acids is 1. The van der Waals surface area contributed by atoms with E-state index in [4.69, 9.17) is 28.9 Å². The fourth-order valence-corrected chi connectivity index (χ4v) is 2.24. The Hall–Kier alpha value is -0.930. The van der Waals surface area contributed by atoms with Crippen LogP contribution >= 0.6 is 23.2 Å². The molecule has 0 aromatic heterocycles. The van der Waals surface area contributed by atoms with Gasteiger partial charge in [-0.25, -0.2) is 0 Å². The number of nitrogens with zero attached hydrogens (tertiary/aromatic N) is 1. The molecule has 1 aliphatic rings. The summed E-state index contributed by atoms with van der Waals surface area (Å²) < 4.78 is -1.29. The molecule has 1 aromatic carbocycles. The maximum Gasteiger partial charge on any atom is 0.263 e. The van der Waals surface area contributed by atoms with Crippen LogP contribution in [0.2, 0.25) is 0 Å². The molecule has 2 N–H and O–H groups in total. The maximum atomic E-state index is 12.0. The van der Waals surface area contributed by atoms with Crippen LogP contribution in [-0.4, -0.2) is 16.8 Å². The van der Waals surface area contributed by atoms with Gasteiger partial charge in [-0.15, -0.1) is 0 Å². The number of anilines is 2. The van der Waals surface area contributed by atoms with E-state index in [0.717, 1.165) is 12.1 Å². The van der Waals surface area contributed by atoms with E-state index >= 15 is 0 Å². The maximum absolute atomic E-state index is 12.0. The number of nitrogen functional groups attached to an aromatic ring is 1. The Morgan fingerprint density at radius 1 is 1.25 bits per heavy atom. The Morgan fingerprint density at radius 3 is 2.50 bits per heavy atom. The van der Waals surface area contributed by atoms with Crippen molar-refractivity contribution >= 4 is 40.5 Å². The predicted octanol–water partition coefficient (Wildman–Crippen LogP) is 2.57. The normalized spacial score (nSPS) is 19.9. The van der Waals surface area contributed by atoms with Crippen LogP contribution in [0, 0.1) is 0 Å². The number of hydrogen-bond acceptors (Lipinski definition) is 2. The monoisotopic (exact) mass is 258 g/mol. The number of piperidine rings is 1. The van der Waals surface area contributed by atoms with Gasteiger partial charge in [0, 0.05) is 17.9 Å². The van der Waals surface area contributed by atoms with Crippen molar-refractivity contribution in [1.82, 2.24) is 0 Å². The third kappa shape index (κ3) is 2.11. The van der Waals surface area contributed by atoms with Crippen molar-refractivity contribution in [3.05, 3.63) is 24.3 Å². The molecular weight excluding hydrogens is 247 g/mol. The fraction of sp³-hybridized carbons (Fsp3) is 0.364. The van der Waals surface area contributed by atoms with Gasteiger partial charge in [-0.05, 0) is 37.1 Å². The van der Waals surface area contributed by atoms with Crippen molar-refractivity contribution in [2.24, 2.45) is 0 Å². The number of benzene rings is 1. The van der Waals surface area contributed by atoms with Crippen LogP contribution in [0.15, 0.2) is 24.3 Å². The highest BCUT2D eigenvalue weighted by atomic mass is 35.5. The average Bonchev–Trinajstić information content (AvgIpc) is 2.24. The van der Waals surface area contributed by atoms with Gasteiger partial charge in [0.1, 0.15) is 0 Å². The summed E-state index contributed by atoms with van der Waals surface area (Å²) in [6.45, 7) is 0.643. The summed E-state index contributed by atoms with van der Waals surface area (Å²) in [5.74, 6) is -0.258. The molecule has 1 heterocycles. The smallest absolute Gasteiger partial charge is 0.263 e. The average molecular weight is 259 g/mol. The molecule has 0 spiro atoms. The molecule has 5 heteroatoms. The van der Waals surface area contributed by atoms with Gasteiger partial charge >= 0.3 is 0 Å². The second-order valence-electron chi connectivity index (χ2n) is 3.86. The zero-order valence-corrected chi connectivity index (χ0v) is 10.1. The molecule has 2 rings (SSSR count). The summed E-state index contributed by atoms with van der Waals surface area (Å²) >= 11 is 11.9. The minimum Gasteiger partial charge on any atom is -0.399 e. The van der Waals surface area contributed by atoms with Gasteiger partial charge in [-0.2, -0.15) is 0 Å². The summed E-state index contributed by atoms with van der Waals surface area (Å²) in [6.07, 6.45) is 1.30. The van der Waals surface area contributed by atoms with Crippen LogP contribution < -0.4 is 10.6 Å². The van der Waals surface area contributed by atoms with Crippen LogP contribution in [0.25, 0.3) is 0 Å². The summed E-state index contributed by atoms with van der Waals surface area (Å²) in [7, 11) is 0. The van der Waals surface area contributed by atoms with E-state index in [1.807, 2.05) is 0 Å². The van der Waals surface area contributed by atoms with Gasteiger partial charge in [0.2, 0.25) is 0 Å². The highest BCUT2D eigenvalue weighted by molar-refractivity contribution is 6.59. The third-order valence-electron chi connectivity index (χ3n) is 2.64. The summed E-state index contributed by atoms with van der Waals surface area (Å²) in [4.78, 5) is 13.6. The Kier molecular flexibility index (Phi) is 3.00. The number of hydrogen-bond donors (Lipinski definition) is 1. The van der Waals surface area contributed by atoms with Gasteiger partial charge in [0.05, 0.1) is 0 Å². The Labute approximate surface area is 104 Å². The minimum absolute atomic E-state index is 0.258. The first-order chi connectivity index (χ1) is 7.50. The highest BCUT2D eigenvalue weighted by Crippen LogP contribution is 2.35. The molecule has 0 aliphatic carbocycles. The number of nitrogens with two attached hydrogens (primary N) is 1. The molecule has 1 amide bonds. The molecule has 1 fully saturated rings. The molecule has 1 aliphatic heterocycles. The Bertz CT molecular complexity index is 403. The van der Waals surface area contributed by atoms with Gasteiger partial charge in [-0.1, -0.05) is 23.2 Å². The van der Waals surface area contributed by atoms with E-state index in [1.54, 1.807) is 29.2 Å². The van der Waals surface area contributed by atoms with Crippen molar-refractivity contribution in [3.63, 3.8) is 0 Å². The SMILES string of the molecule is Nc1ccc(N2CCCC(Cl)(Cl)C2=O)cc1. The van der Waals surface area contributed by atoms with Crippen molar-refractivity contribution in [2.75, 3.05) is 17.2 Å². The second kappa shape index (κ2) is 4.15. The molecule has 0 saturated carbocycles. The first kappa shape index (κ1) is 11.6. The molecule has 16 heavy (non-hydrogen) atoms. The first-order valence-corrected chi connectivity index (χ1v) is 5.82. The number of amides is 1. The number of alkyl halides is 2. The van der Waals surface area contributed by atoms with Crippen LogP contribution in [0.1, 0.15) is 12.8 Å². The zero-order valence-electron chi connectivity index (χ0n) is 8.62. The molecule has 3 nitrogen and oxygen atoms in total. The van der Waals surface area contributed by atoms with Crippen LogP contribution in [0.3, 0.4) is 0 Å². The van der Waals surface area contributed by atoms with E-state index < -0.39 is 4.33 Å². The summed E-state index contributed by atoms with van der Waals surface area (Å²) in [5.41, 5.74) is 7.03. The van der Waals surface area contributed by atoms with Crippen LogP contribution in [-0.2, 0) is 4.79 Å². The predicted molar refractivity (Wildman–Crippen MR) is 66.9 cm³/mol. The Balaban J connectivity index is 2.27.